The first-order chi connectivity index (χ1) is 33.5. The average molecular weight is 945 g/mol. The fourth-order valence-corrected chi connectivity index (χ4v) is 8.64. The highest BCUT2D eigenvalue weighted by Crippen LogP contribution is 2.29. The van der Waals surface area contributed by atoms with E-state index in [1.807, 2.05) is 91.0 Å². The minimum atomic E-state index is -1.18. The fraction of sp³-hybridized carbons (Fsp3) is 0.655. The zero-order chi connectivity index (χ0) is 48.1. The molecule has 1 N–H and O–H groups in total. The molecule has 0 bridgehead atoms. The van der Waals surface area contributed by atoms with Crippen LogP contribution in [0.2, 0.25) is 0 Å². The van der Waals surface area contributed by atoms with Crippen molar-refractivity contribution in [1.82, 2.24) is 0 Å². The molecule has 0 aromatic heterocycles. The maximum atomic E-state index is 13.3. The molecule has 6 atom stereocenters. The van der Waals surface area contributed by atoms with Crippen LogP contribution in [0.3, 0.4) is 0 Å². The van der Waals surface area contributed by atoms with Gasteiger partial charge < -0.3 is 38.3 Å². The van der Waals surface area contributed by atoms with Crippen molar-refractivity contribution in [1.29, 1.82) is 0 Å². The Morgan fingerprint density at radius 2 is 0.912 bits per heavy atom. The van der Waals surface area contributed by atoms with Gasteiger partial charge in [0, 0.05) is 12.8 Å². The lowest BCUT2D eigenvalue weighted by atomic mass is 9.98. The summed E-state index contributed by atoms with van der Waals surface area (Å²) in [4.78, 5) is 26.4. The Morgan fingerprint density at radius 3 is 1.38 bits per heavy atom. The number of ether oxygens (including phenoxy) is 7. The lowest BCUT2D eigenvalue weighted by Gasteiger charge is -2.44. The van der Waals surface area contributed by atoms with Gasteiger partial charge in [-0.2, -0.15) is 0 Å². The second kappa shape index (κ2) is 37.2. The minimum absolute atomic E-state index is 0.102. The molecule has 0 amide bonds. The fourth-order valence-electron chi connectivity index (χ4n) is 8.64. The molecule has 1 heterocycles. The Morgan fingerprint density at radius 1 is 0.500 bits per heavy atom. The Bertz CT molecular complexity index is 1660. The van der Waals surface area contributed by atoms with Crippen molar-refractivity contribution in [3.8, 4) is 0 Å². The maximum absolute atomic E-state index is 13.3. The lowest BCUT2D eigenvalue weighted by molar-refractivity contribution is -0.324. The van der Waals surface area contributed by atoms with Crippen LogP contribution in [0.25, 0.3) is 0 Å². The highest BCUT2D eigenvalue weighted by molar-refractivity contribution is 5.70. The maximum Gasteiger partial charge on any atom is 0.306 e. The molecule has 0 unspecified atom stereocenters. The molecule has 4 rings (SSSR count). The molecule has 0 spiro atoms. The van der Waals surface area contributed by atoms with Gasteiger partial charge in [0.05, 0.1) is 33.0 Å². The van der Waals surface area contributed by atoms with E-state index in [1.54, 1.807) is 0 Å². The van der Waals surface area contributed by atoms with Gasteiger partial charge in [0.15, 0.2) is 12.4 Å². The number of aliphatic hydroxyl groups is 1. The van der Waals surface area contributed by atoms with Crippen molar-refractivity contribution in [2.75, 3.05) is 19.8 Å². The third-order valence-corrected chi connectivity index (χ3v) is 12.7. The third kappa shape index (κ3) is 25.3. The number of benzene rings is 3. The van der Waals surface area contributed by atoms with Crippen LogP contribution in [0, 0.1) is 0 Å². The standard InChI is InChI=1S/C58H88O10/c1-3-5-7-9-11-13-15-17-19-21-32-40-53(59)63-45-51(67-54(60)41-33-22-20-18-16-14-12-10-8-6-4-2)46-66-58-57(65-44-50-38-30-25-31-39-50)55(61)56(64-43-49-36-28-24-29-37-49)52(68-58)47-62-42-48-34-26-23-27-35-48/h23-31,34-39,51-52,55-58,61H,3-22,32-33,40-47H2,1-2H3/t51-,52-,55+,56-,57-,58+/m1/s1. The molecule has 3 aromatic rings. The summed E-state index contributed by atoms with van der Waals surface area (Å²) >= 11 is 0. The van der Waals surface area contributed by atoms with Gasteiger partial charge in [-0.05, 0) is 29.5 Å². The topological polar surface area (TPSA) is 119 Å². The predicted octanol–water partition coefficient (Wildman–Crippen LogP) is 13.3. The van der Waals surface area contributed by atoms with Crippen LogP contribution in [0.15, 0.2) is 91.0 Å². The quantitative estimate of drug-likeness (QED) is 0.0436. The second-order valence-electron chi connectivity index (χ2n) is 18.8. The van der Waals surface area contributed by atoms with E-state index in [1.165, 1.54) is 103 Å². The Balaban J connectivity index is 1.38. The van der Waals surface area contributed by atoms with E-state index in [2.05, 4.69) is 13.8 Å². The number of carbonyl (C=O) groups is 2. The van der Waals surface area contributed by atoms with E-state index < -0.39 is 36.8 Å². The summed E-state index contributed by atoms with van der Waals surface area (Å²) in [5.41, 5.74) is 2.85. The molecule has 3 aromatic carbocycles. The minimum Gasteiger partial charge on any atom is -0.462 e. The van der Waals surface area contributed by atoms with E-state index >= 15 is 0 Å². The lowest BCUT2D eigenvalue weighted by Crippen LogP contribution is -2.61. The zero-order valence-electron chi connectivity index (χ0n) is 42.0. The van der Waals surface area contributed by atoms with Gasteiger partial charge in [-0.3, -0.25) is 9.59 Å². The molecule has 1 aliphatic rings. The smallest absolute Gasteiger partial charge is 0.306 e. The van der Waals surface area contributed by atoms with E-state index in [4.69, 9.17) is 33.2 Å². The van der Waals surface area contributed by atoms with Crippen LogP contribution < -0.4 is 0 Å². The van der Waals surface area contributed by atoms with Crippen LogP contribution in [-0.2, 0) is 62.6 Å². The number of hydrogen-bond donors (Lipinski definition) is 1. The molecule has 1 aliphatic heterocycles. The summed E-state index contributed by atoms with van der Waals surface area (Å²) in [7, 11) is 0. The van der Waals surface area contributed by atoms with Gasteiger partial charge in [-0.25, -0.2) is 0 Å². The monoisotopic (exact) mass is 945 g/mol. The largest absolute Gasteiger partial charge is 0.462 e. The van der Waals surface area contributed by atoms with Gasteiger partial charge in [-0.15, -0.1) is 0 Å². The van der Waals surface area contributed by atoms with E-state index in [9.17, 15) is 14.7 Å². The number of rotatable bonds is 40. The van der Waals surface area contributed by atoms with Gasteiger partial charge in [0.1, 0.15) is 31.0 Å². The van der Waals surface area contributed by atoms with Gasteiger partial charge in [-0.1, -0.05) is 233 Å². The number of aliphatic hydroxyl groups excluding tert-OH is 1. The molecule has 10 heteroatoms. The molecule has 0 saturated carbocycles. The number of carbonyl (C=O) groups excluding carboxylic acids is 2. The first kappa shape index (κ1) is 56.9. The summed E-state index contributed by atoms with van der Waals surface area (Å²) in [6.07, 6.45) is 20.9. The van der Waals surface area contributed by atoms with Crippen LogP contribution in [0.4, 0.5) is 0 Å². The molecule has 68 heavy (non-hydrogen) atoms. The van der Waals surface area contributed by atoms with Gasteiger partial charge in [0.25, 0.3) is 0 Å². The van der Waals surface area contributed by atoms with Crippen molar-refractivity contribution in [2.24, 2.45) is 0 Å². The normalized spacial score (nSPS) is 18.6. The molecule has 0 radical (unpaired) electrons. The molecule has 10 nitrogen and oxygen atoms in total. The number of unbranched alkanes of at least 4 members (excludes halogenated alkanes) is 20. The number of hydrogen-bond acceptors (Lipinski definition) is 10. The van der Waals surface area contributed by atoms with Gasteiger partial charge in [0.2, 0.25) is 0 Å². The molecule has 380 valence electrons. The van der Waals surface area contributed by atoms with Crippen LogP contribution >= 0.6 is 0 Å². The Hall–Kier alpha value is -3.64. The first-order valence-electron chi connectivity index (χ1n) is 26.7. The van der Waals surface area contributed by atoms with Crippen molar-refractivity contribution >= 4 is 11.9 Å². The summed E-state index contributed by atoms with van der Waals surface area (Å²) in [5.74, 6) is -0.686. The van der Waals surface area contributed by atoms with E-state index in [0.29, 0.717) is 13.0 Å². The number of esters is 2. The second-order valence-corrected chi connectivity index (χ2v) is 18.8. The molecular weight excluding hydrogens is 857 g/mol. The van der Waals surface area contributed by atoms with Crippen molar-refractivity contribution in [2.45, 2.75) is 225 Å². The molecule has 1 fully saturated rings. The molecule has 0 aliphatic carbocycles. The van der Waals surface area contributed by atoms with Crippen LogP contribution in [0.1, 0.15) is 185 Å². The van der Waals surface area contributed by atoms with Crippen molar-refractivity contribution < 1.29 is 47.9 Å². The Labute approximate surface area is 410 Å². The summed E-state index contributed by atoms with van der Waals surface area (Å²) in [6.45, 7) is 5.05. The van der Waals surface area contributed by atoms with Crippen LogP contribution in [-0.4, -0.2) is 73.7 Å². The highest BCUT2D eigenvalue weighted by Gasteiger charge is 2.48. The summed E-state index contributed by atoms with van der Waals surface area (Å²) in [5, 5.41) is 12.1. The SMILES string of the molecule is CCCCCCCCCCCCCC(=O)OC[C@H](CO[C@H]1O[C@H](COCc2ccccc2)[C@@H](OCc2ccccc2)[C@H](O)[C@H]1OCc1ccccc1)OC(=O)CCCCCCCCCCCCC. The van der Waals surface area contributed by atoms with Crippen molar-refractivity contribution in [3.63, 3.8) is 0 Å². The van der Waals surface area contributed by atoms with Gasteiger partial charge >= 0.3 is 11.9 Å². The molecule has 1 saturated heterocycles. The highest BCUT2D eigenvalue weighted by atomic mass is 16.7. The average Bonchev–Trinajstić information content (AvgIpc) is 3.36. The zero-order valence-corrected chi connectivity index (χ0v) is 42.0. The predicted molar refractivity (Wildman–Crippen MR) is 270 cm³/mol. The van der Waals surface area contributed by atoms with E-state index in [0.717, 1.165) is 55.2 Å². The first-order valence-corrected chi connectivity index (χ1v) is 26.7. The Kier molecular flexibility index (Phi) is 31.2. The summed E-state index contributed by atoms with van der Waals surface area (Å²) in [6, 6.07) is 29.3. The summed E-state index contributed by atoms with van der Waals surface area (Å²) < 4.78 is 43.9. The van der Waals surface area contributed by atoms with E-state index in [-0.39, 0.29) is 51.4 Å². The van der Waals surface area contributed by atoms with Crippen molar-refractivity contribution in [3.05, 3.63) is 108 Å². The third-order valence-electron chi connectivity index (χ3n) is 12.7. The van der Waals surface area contributed by atoms with Crippen LogP contribution in [0.5, 0.6) is 0 Å². The molecular formula is C58H88O10.